The zero-order valence-corrected chi connectivity index (χ0v) is 13.5. The maximum absolute atomic E-state index is 4.78. The Morgan fingerprint density at radius 1 is 1.24 bits per heavy atom. The van der Waals surface area contributed by atoms with E-state index in [1.165, 1.54) is 11.1 Å². The van der Waals surface area contributed by atoms with Crippen molar-refractivity contribution in [2.24, 2.45) is 0 Å². The Morgan fingerprint density at radius 3 is 2.57 bits per heavy atom. The van der Waals surface area contributed by atoms with Crippen molar-refractivity contribution in [3.8, 4) is 0 Å². The van der Waals surface area contributed by atoms with E-state index in [4.69, 9.17) is 4.98 Å². The smallest absolute Gasteiger partial charge is 0.203 e. The summed E-state index contributed by atoms with van der Waals surface area (Å²) in [5, 5.41) is 3.60. The number of hydrogen-bond donors (Lipinski definition) is 1. The van der Waals surface area contributed by atoms with Gasteiger partial charge < -0.3 is 9.88 Å². The molecule has 0 radical (unpaired) electrons. The van der Waals surface area contributed by atoms with Gasteiger partial charge in [-0.25, -0.2) is 4.98 Å². The van der Waals surface area contributed by atoms with Crippen LogP contribution in [0.2, 0.25) is 0 Å². The van der Waals surface area contributed by atoms with Crippen LogP contribution in [-0.2, 0) is 18.4 Å². The summed E-state index contributed by atoms with van der Waals surface area (Å²) in [7, 11) is 0. The van der Waals surface area contributed by atoms with Gasteiger partial charge in [-0.1, -0.05) is 52.0 Å². The highest BCUT2D eigenvalue weighted by Gasteiger charge is 2.24. The number of aromatic nitrogens is 2. The predicted molar refractivity (Wildman–Crippen MR) is 87.7 cm³/mol. The molecule has 0 saturated heterocycles. The van der Waals surface area contributed by atoms with E-state index in [2.05, 4.69) is 68.0 Å². The van der Waals surface area contributed by atoms with Gasteiger partial charge in [0.15, 0.2) is 0 Å². The van der Waals surface area contributed by atoms with Crippen molar-refractivity contribution in [2.45, 2.75) is 58.5 Å². The van der Waals surface area contributed by atoms with Gasteiger partial charge in [0.2, 0.25) is 5.95 Å². The van der Waals surface area contributed by atoms with Crippen LogP contribution in [0, 0.1) is 0 Å². The third-order valence-electron chi connectivity index (χ3n) is 4.30. The topological polar surface area (TPSA) is 29.9 Å². The molecule has 2 aromatic rings. The van der Waals surface area contributed by atoms with Crippen molar-refractivity contribution in [3.63, 3.8) is 0 Å². The first-order valence-corrected chi connectivity index (χ1v) is 7.90. The normalized spacial score (nSPS) is 18.2. The van der Waals surface area contributed by atoms with Crippen LogP contribution < -0.4 is 5.32 Å². The molecule has 1 N–H and O–H groups in total. The van der Waals surface area contributed by atoms with Crippen LogP contribution >= 0.6 is 0 Å². The lowest BCUT2D eigenvalue weighted by molar-refractivity contribution is 0.540. The van der Waals surface area contributed by atoms with Crippen molar-refractivity contribution in [1.82, 2.24) is 9.55 Å². The highest BCUT2D eigenvalue weighted by molar-refractivity contribution is 5.38. The van der Waals surface area contributed by atoms with Gasteiger partial charge in [0, 0.05) is 18.2 Å². The zero-order valence-electron chi connectivity index (χ0n) is 13.5. The minimum absolute atomic E-state index is 0.101. The van der Waals surface area contributed by atoms with Gasteiger partial charge in [-0.2, -0.15) is 0 Å². The second-order valence-electron chi connectivity index (χ2n) is 6.97. The van der Waals surface area contributed by atoms with Crippen LogP contribution in [0.3, 0.4) is 0 Å². The van der Waals surface area contributed by atoms with Crippen molar-refractivity contribution in [2.75, 3.05) is 5.32 Å². The van der Waals surface area contributed by atoms with Gasteiger partial charge >= 0.3 is 0 Å². The summed E-state index contributed by atoms with van der Waals surface area (Å²) < 4.78 is 2.25. The van der Waals surface area contributed by atoms with E-state index in [0.717, 1.165) is 31.0 Å². The van der Waals surface area contributed by atoms with E-state index in [-0.39, 0.29) is 5.41 Å². The Morgan fingerprint density at radius 2 is 1.95 bits per heavy atom. The first-order chi connectivity index (χ1) is 9.97. The van der Waals surface area contributed by atoms with Crippen molar-refractivity contribution in [1.29, 1.82) is 0 Å². The molecule has 21 heavy (non-hydrogen) atoms. The second-order valence-corrected chi connectivity index (χ2v) is 6.97. The molecule has 3 nitrogen and oxygen atoms in total. The number of benzene rings is 1. The number of aryl methyl sites for hydroxylation is 2. The molecule has 0 fully saturated rings. The lowest BCUT2D eigenvalue weighted by Crippen LogP contribution is -2.21. The lowest BCUT2D eigenvalue weighted by Gasteiger charge is -2.25. The third-order valence-corrected chi connectivity index (χ3v) is 4.30. The van der Waals surface area contributed by atoms with Gasteiger partial charge in [0.1, 0.15) is 0 Å². The fraction of sp³-hybridized carbons (Fsp3) is 0.500. The summed E-state index contributed by atoms with van der Waals surface area (Å²) in [5.41, 5.74) is 4.02. The van der Waals surface area contributed by atoms with Crippen LogP contribution in [0.5, 0.6) is 0 Å². The van der Waals surface area contributed by atoms with Crippen molar-refractivity contribution in [3.05, 3.63) is 47.3 Å². The Bertz CT molecular complexity index is 617. The number of anilines is 1. The molecular weight excluding hydrogens is 258 g/mol. The van der Waals surface area contributed by atoms with Crippen LogP contribution in [0.4, 0.5) is 5.95 Å². The molecule has 2 heterocycles. The first-order valence-electron chi connectivity index (χ1n) is 7.90. The molecule has 1 aromatic carbocycles. The van der Waals surface area contributed by atoms with Gasteiger partial charge in [0.05, 0.1) is 11.7 Å². The average molecular weight is 283 g/mol. The first kappa shape index (κ1) is 14.2. The minimum Gasteiger partial charge on any atom is -0.349 e. The highest BCUT2D eigenvalue weighted by atomic mass is 15.2. The Hall–Kier alpha value is -1.77. The molecule has 1 aliphatic heterocycles. The molecular formula is C18H25N3. The Balaban J connectivity index is 1.81. The molecule has 0 spiro atoms. The number of nitrogens with zero attached hydrogens (tertiary/aromatic N) is 2. The van der Waals surface area contributed by atoms with E-state index < -0.39 is 0 Å². The summed E-state index contributed by atoms with van der Waals surface area (Å²) in [6.45, 7) is 9.86. The number of fused-ring (bicyclic) bond motifs is 1. The monoisotopic (exact) mass is 283 g/mol. The largest absolute Gasteiger partial charge is 0.349 e. The standard InChI is InChI=1S/C18H25N3/c1-5-13-6-8-14(9-7-13)15-10-11-21-12-16(18(2,3)4)20-17(21)19-15/h6-9,12,15H,5,10-11H2,1-4H3,(H,19,20). The fourth-order valence-corrected chi connectivity index (χ4v) is 2.79. The van der Waals surface area contributed by atoms with E-state index in [0.29, 0.717) is 6.04 Å². The summed E-state index contributed by atoms with van der Waals surface area (Å²) in [6, 6.07) is 9.34. The van der Waals surface area contributed by atoms with Gasteiger partial charge in [-0.3, -0.25) is 0 Å². The quantitative estimate of drug-likeness (QED) is 0.890. The molecule has 0 bridgehead atoms. The van der Waals surface area contributed by atoms with Gasteiger partial charge in [0.25, 0.3) is 0 Å². The lowest BCUT2D eigenvalue weighted by atomic mass is 9.93. The molecule has 0 amide bonds. The number of nitrogens with one attached hydrogen (secondary N) is 1. The molecule has 0 aliphatic carbocycles. The molecule has 1 aromatic heterocycles. The van der Waals surface area contributed by atoms with Crippen molar-refractivity contribution >= 4 is 5.95 Å². The maximum Gasteiger partial charge on any atom is 0.203 e. The summed E-state index contributed by atoms with van der Waals surface area (Å²) in [4.78, 5) is 4.78. The van der Waals surface area contributed by atoms with Gasteiger partial charge in [-0.05, 0) is 24.0 Å². The predicted octanol–water partition coefficient (Wildman–Crippen LogP) is 4.30. The van der Waals surface area contributed by atoms with Crippen LogP contribution in [-0.4, -0.2) is 9.55 Å². The minimum atomic E-state index is 0.101. The summed E-state index contributed by atoms with van der Waals surface area (Å²) >= 11 is 0. The van der Waals surface area contributed by atoms with Gasteiger partial charge in [-0.15, -0.1) is 0 Å². The molecule has 112 valence electrons. The number of hydrogen-bond acceptors (Lipinski definition) is 2. The van der Waals surface area contributed by atoms with Crippen molar-refractivity contribution < 1.29 is 0 Å². The zero-order chi connectivity index (χ0) is 15.0. The third kappa shape index (κ3) is 2.82. The SMILES string of the molecule is CCc1ccc(C2CCn3cc(C(C)(C)C)nc3N2)cc1. The van der Waals surface area contributed by atoms with E-state index in [1.807, 2.05) is 0 Å². The average Bonchev–Trinajstić information content (AvgIpc) is 2.90. The van der Waals surface area contributed by atoms with E-state index in [1.54, 1.807) is 0 Å². The molecule has 0 saturated carbocycles. The second kappa shape index (κ2) is 5.21. The van der Waals surface area contributed by atoms with E-state index >= 15 is 0 Å². The van der Waals surface area contributed by atoms with Crippen LogP contribution in [0.25, 0.3) is 0 Å². The van der Waals surface area contributed by atoms with Crippen LogP contribution in [0.15, 0.2) is 30.5 Å². The summed E-state index contributed by atoms with van der Waals surface area (Å²) in [6.07, 6.45) is 4.40. The maximum atomic E-state index is 4.78. The van der Waals surface area contributed by atoms with Crippen LogP contribution in [0.1, 0.15) is 57.0 Å². The fourth-order valence-electron chi connectivity index (χ4n) is 2.79. The molecule has 3 heteroatoms. The Kier molecular flexibility index (Phi) is 3.52. The highest BCUT2D eigenvalue weighted by Crippen LogP contribution is 2.31. The Labute approximate surface area is 127 Å². The summed E-state index contributed by atoms with van der Waals surface area (Å²) in [5.74, 6) is 1.01. The number of rotatable bonds is 2. The molecule has 1 atom stereocenters. The molecule has 1 aliphatic rings. The molecule has 1 unspecified atom stereocenters. The molecule has 3 rings (SSSR count). The number of imidazole rings is 1. The van der Waals surface area contributed by atoms with E-state index in [9.17, 15) is 0 Å².